The molecule has 0 amide bonds. The first-order chi connectivity index (χ1) is 6.15. The van der Waals surface area contributed by atoms with Crippen LogP contribution >= 0.6 is 0 Å². The number of ether oxygens (including phenoxy) is 1. The molecule has 0 radical (unpaired) electrons. The van der Waals surface area contributed by atoms with Gasteiger partial charge in [-0.3, -0.25) is 0 Å². The van der Waals surface area contributed by atoms with Crippen molar-refractivity contribution in [1.82, 2.24) is 0 Å². The van der Waals surface area contributed by atoms with Crippen molar-refractivity contribution in [3.05, 3.63) is 35.4 Å². The third-order valence-electron chi connectivity index (χ3n) is 1.69. The first-order valence-electron chi connectivity index (χ1n) is 3.84. The number of carbonyl (C=O) groups is 2. The molecule has 0 heterocycles. The number of methoxy groups -OCH3 is 1. The van der Waals surface area contributed by atoms with Crippen LogP contribution in [0.15, 0.2) is 24.3 Å². The highest BCUT2D eigenvalue weighted by Gasteiger charge is 2.06. The van der Waals surface area contributed by atoms with Gasteiger partial charge in [0.1, 0.15) is 5.68 Å². The minimum atomic E-state index is -0.428. The van der Waals surface area contributed by atoms with E-state index >= 15 is 0 Å². The quantitative estimate of drug-likeness (QED) is 0.479. The molecule has 0 atom stereocenters. The third-order valence-corrected chi connectivity index (χ3v) is 1.69. The molecule has 0 aromatic heterocycles. The van der Waals surface area contributed by atoms with Gasteiger partial charge in [-0.1, -0.05) is 12.1 Å². The predicted octanol–water partition coefficient (Wildman–Crippen LogP) is 0.246. The summed E-state index contributed by atoms with van der Waals surface area (Å²) in [6.07, 6.45) is 0. The van der Waals surface area contributed by atoms with Crippen molar-refractivity contribution >= 4 is 19.5 Å². The van der Waals surface area contributed by atoms with Crippen molar-refractivity contribution in [3.63, 3.8) is 0 Å². The second-order valence-electron chi connectivity index (χ2n) is 2.63. The first-order valence-corrected chi connectivity index (χ1v) is 3.84. The van der Waals surface area contributed by atoms with Crippen LogP contribution in [0.3, 0.4) is 0 Å². The van der Waals surface area contributed by atoms with Gasteiger partial charge in [0, 0.05) is 5.56 Å². The van der Waals surface area contributed by atoms with E-state index in [4.69, 9.17) is 0 Å². The van der Waals surface area contributed by atoms with Crippen molar-refractivity contribution in [3.8, 4) is 0 Å². The van der Waals surface area contributed by atoms with E-state index in [-0.39, 0.29) is 5.68 Å². The lowest BCUT2D eigenvalue weighted by Crippen LogP contribution is -2.04. The summed E-state index contributed by atoms with van der Waals surface area (Å²) >= 11 is 0. The van der Waals surface area contributed by atoms with Gasteiger partial charge >= 0.3 is 5.97 Å². The Morgan fingerprint density at radius 3 is 2.46 bits per heavy atom. The highest BCUT2D eigenvalue weighted by Crippen LogP contribution is 2.06. The number of rotatable bonds is 2. The summed E-state index contributed by atoms with van der Waals surface area (Å²) in [5.41, 5.74) is 0.851. The Morgan fingerprint density at radius 1 is 1.31 bits per heavy atom. The molecule has 66 valence electrons. The van der Waals surface area contributed by atoms with E-state index in [0.29, 0.717) is 11.1 Å². The molecule has 1 aromatic carbocycles. The van der Waals surface area contributed by atoms with Crippen molar-refractivity contribution < 1.29 is 14.3 Å². The van der Waals surface area contributed by atoms with E-state index in [1.54, 1.807) is 18.2 Å². The Kier molecular flexibility index (Phi) is 2.85. The summed E-state index contributed by atoms with van der Waals surface area (Å²) in [5, 5.41) is 0. The molecule has 0 aliphatic heterocycles. The average Bonchev–Trinajstić information content (AvgIpc) is 2.17. The zero-order chi connectivity index (χ0) is 9.84. The Morgan fingerprint density at radius 2 is 1.92 bits per heavy atom. The van der Waals surface area contributed by atoms with E-state index < -0.39 is 5.97 Å². The van der Waals surface area contributed by atoms with E-state index in [1.807, 2.05) is 0 Å². The molecule has 0 saturated carbocycles. The van der Waals surface area contributed by atoms with Crippen LogP contribution in [0.1, 0.15) is 20.7 Å². The fourth-order valence-electron chi connectivity index (χ4n) is 0.983. The van der Waals surface area contributed by atoms with Gasteiger partial charge in [-0.15, -0.1) is 0 Å². The van der Waals surface area contributed by atoms with Crippen LogP contribution in [0.25, 0.3) is 0 Å². The van der Waals surface area contributed by atoms with Crippen LogP contribution in [0.5, 0.6) is 0 Å². The molecule has 0 N–H and O–H groups in total. The van der Waals surface area contributed by atoms with Gasteiger partial charge < -0.3 is 9.53 Å². The fourth-order valence-corrected chi connectivity index (χ4v) is 0.983. The van der Waals surface area contributed by atoms with Crippen LogP contribution in [0.4, 0.5) is 0 Å². The van der Waals surface area contributed by atoms with E-state index in [0.717, 1.165) is 0 Å². The zero-order valence-electron chi connectivity index (χ0n) is 7.53. The molecule has 0 aliphatic carbocycles. The molecule has 1 rings (SSSR count). The van der Waals surface area contributed by atoms with E-state index in [2.05, 4.69) is 4.74 Å². The predicted molar refractivity (Wildman–Crippen MR) is 50.7 cm³/mol. The van der Waals surface area contributed by atoms with Crippen LogP contribution in [0, 0.1) is 0 Å². The lowest BCUT2D eigenvalue weighted by molar-refractivity contribution is 0.0600. The maximum absolute atomic E-state index is 11.1. The van der Waals surface area contributed by atoms with E-state index in [1.165, 1.54) is 21.0 Å². The van der Waals surface area contributed by atoms with E-state index in [9.17, 15) is 9.59 Å². The maximum atomic E-state index is 11.1. The number of esters is 1. The third kappa shape index (κ3) is 2.18. The molecule has 0 saturated heterocycles. The largest absolute Gasteiger partial charge is 0.465 e. The maximum Gasteiger partial charge on any atom is 0.337 e. The minimum absolute atomic E-state index is 0.0641. The van der Waals surface area contributed by atoms with Crippen LogP contribution in [-0.4, -0.2) is 26.6 Å². The number of carbonyl (C=O) groups excluding carboxylic acids is 2. The molecule has 13 heavy (non-hydrogen) atoms. The highest BCUT2D eigenvalue weighted by molar-refractivity contribution is 6.62. The van der Waals surface area contributed by atoms with Gasteiger partial charge in [0.05, 0.1) is 12.7 Å². The van der Waals surface area contributed by atoms with Crippen molar-refractivity contribution in [2.24, 2.45) is 0 Å². The lowest BCUT2D eigenvalue weighted by Gasteiger charge is -2.00. The number of benzene rings is 1. The van der Waals surface area contributed by atoms with Crippen molar-refractivity contribution in [1.29, 1.82) is 0 Å². The van der Waals surface area contributed by atoms with Gasteiger partial charge in [0.15, 0.2) is 7.85 Å². The summed E-state index contributed by atoms with van der Waals surface area (Å²) in [4.78, 5) is 22.0. The standard InChI is InChI=1S/C9H9BO3/c1-13-9(12)7-4-2-3-6(5-7)8(10)11/h2-5H,10H2,1H3. The second kappa shape index (κ2) is 3.89. The Labute approximate surface area is 77.1 Å². The summed E-state index contributed by atoms with van der Waals surface area (Å²) in [6.45, 7) is 0. The molecule has 0 spiro atoms. The van der Waals surface area contributed by atoms with Gasteiger partial charge in [-0.25, -0.2) is 4.79 Å². The normalized spacial score (nSPS) is 9.31. The molecule has 0 fully saturated rings. The molecular formula is C9H9BO3. The molecule has 4 heteroatoms. The highest BCUT2D eigenvalue weighted by atomic mass is 16.5. The molecular weight excluding hydrogens is 167 g/mol. The van der Waals surface area contributed by atoms with Crippen LogP contribution < -0.4 is 0 Å². The number of hydrogen-bond acceptors (Lipinski definition) is 3. The molecule has 0 aliphatic rings. The zero-order valence-corrected chi connectivity index (χ0v) is 7.53. The Bertz CT molecular complexity index is 346. The summed E-state index contributed by atoms with van der Waals surface area (Å²) in [5.74, 6) is -0.428. The van der Waals surface area contributed by atoms with Gasteiger partial charge in [0.2, 0.25) is 0 Å². The van der Waals surface area contributed by atoms with Gasteiger partial charge in [-0.05, 0) is 12.1 Å². The van der Waals surface area contributed by atoms with Crippen LogP contribution in [-0.2, 0) is 4.74 Å². The minimum Gasteiger partial charge on any atom is -0.465 e. The SMILES string of the molecule is BC(=O)c1cccc(C(=O)OC)c1. The first kappa shape index (κ1) is 9.51. The Hall–Kier alpha value is -1.58. The molecule has 0 bridgehead atoms. The fraction of sp³-hybridized carbons (Fsp3) is 0.111. The number of hydrogen-bond donors (Lipinski definition) is 0. The Balaban J connectivity index is 3.05. The molecule has 3 nitrogen and oxygen atoms in total. The van der Waals surface area contributed by atoms with Gasteiger partial charge in [-0.2, -0.15) is 0 Å². The smallest absolute Gasteiger partial charge is 0.337 e. The van der Waals surface area contributed by atoms with Crippen molar-refractivity contribution in [2.75, 3.05) is 7.11 Å². The molecule has 0 unspecified atom stereocenters. The average molecular weight is 176 g/mol. The summed E-state index contributed by atoms with van der Waals surface area (Å²) in [6, 6.07) is 6.45. The summed E-state index contributed by atoms with van der Waals surface area (Å²) < 4.78 is 4.52. The topological polar surface area (TPSA) is 43.4 Å². The van der Waals surface area contributed by atoms with Gasteiger partial charge in [0.25, 0.3) is 0 Å². The lowest BCUT2D eigenvalue weighted by atomic mass is 9.94. The van der Waals surface area contributed by atoms with Crippen LogP contribution in [0.2, 0.25) is 0 Å². The second-order valence-corrected chi connectivity index (χ2v) is 2.63. The van der Waals surface area contributed by atoms with Crippen molar-refractivity contribution in [2.45, 2.75) is 0 Å². The monoisotopic (exact) mass is 176 g/mol. The summed E-state index contributed by atoms with van der Waals surface area (Å²) in [7, 11) is 2.76. The molecule has 1 aromatic rings.